The Hall–Kier alpha value is -1.06. The molecule has 90 valence electrons. The third-order valence-electron chi connectivity index (χ3n) is 4.13. The van der Waals surface area contributed by atoms with Crippen LogP contribution in [0, 0.1) is 11.3 Å². The first-order valence-corrected chi connectivity index (χ1v) is 6.12. The minimum absolute atomic E-state index is 0.0452. The number of nitrogens with one attached hydrogen (secondary N) is 1. The van der Waals surface area contributed by atoms with Gasteiger partial charge in [-0.2, -0.15) is 0 Å². The molecule has 0 heterocycles. The van der Waals surface area contributed by atoms with Gasteiger partial charge in [0.2, 0.25) is 5.91 Å². The summed E-state index contributed by atoms with van der Waals surface area (Å²) in [6.45, 7) is 1.78. The van der Waals surface area contributed by atoms with Gasteiger partial charge in [0, 0.05) is 5.92 Å². The van der Waals surface area contributed by atoms with Crippen LogP contribution < -0.4 is 5.32 Å². The molecule has 2 aliphatic carbocycles. The SMILES string of the molecule is CCC(NC(=O)C1CC12CCCC2)C(=O)O. The lowest BCUT2D eigenvalue weighted by Gasteiger charge is -2.13. The predicted molar refractivity (Wildman–Crippen MR) is 58.9 cm³/mol. The molecule has 2 fully saturated rings. The highest BCUT2D eigenvalue weighted by Crippen LogP contribution is 2.62. The number of hydrogen-bond donors (Lipinski definition) is 2. The Morgan fingerprint density at radius 3 is 2.56 bits per heavy atom. The molecule has 2 N–H and O–H groups in total. The van der Waals surface area contributed by atoms with Crippen LogP contribution in [0.25, 0.3) is 0 Å². The van der Waals surface area contributed by atoms with Gasteiger partial charge in [0.25, 0.3) is 0 Å². The molecule has 0 bridgehead atoms. The van der Waals surface area contributed by atoms with Crippen LogP contribution >= 0.6 is 0 Å². The predicted octanol–water partition coefficient (Wildman–Crippen LogP) is 1.55. The zero-order valence-corrected chi connectivity index (χ0v) is 9.66. The standard InChI is InChI=1S/C12H19NO3/c1-2-9(11(15)16)13-10(14)8-7-12(8)5-3-4-6-12/h8-9H,2-7H2,1H3,(H,13,14)(H,15,16). The number of carbonyl (C=O) groups excluding carboxylic acids is 1. The lowest BCUT2D eigenvalue weighted by atomic mass is 10.0. The average Bonchev–Trinajstić information content (AvgIpc) is 2.73. The fourth-order valence-corrected chi connectivity index (χ4v) is 2.96. The summed E-state index contributed by atoms with van der Waals surface area (Å²) in [4.78, 5) is 22.7. The topological polar surface area (TPSA) is 66.4 Å². The van der Waals surface area contributed by atoms with Gasteiger partial charge in [0.05, 0.1) is 0 Å². The summed E-state index contributed by atoms with van der Waals surface area (Å²) in [5.74, 6) is -0.892. The molecule has 2 aliphatic rings. The van der Waals surface area contributed by atoms with Gasteiger partial charge in [0.1, 0.15) is 6.04 Å². The maximum Gasteiger partial charge on any atom is 0.326 e. The van der Waals surface area contributed by atoms with Gasteiger partial charge in [-0.1, -0.05) is 19.8 Å². The van der Waals surface area contributed by atoms with Gasteiger partial charge in [-0.25, -0.2) is 4.79 Å². The Balaban J connectivity index is 1.88. The molecule has 1 amide bonds. The highest BCUT2D eigenvalue weighted by molar-refractivity contribution is 5.87. The molecule has 0 radical (unpaired) electrons. The van der Waals surface area contributed by atoms with Crippen molar-refractivity contribution >= 4 is 11.9 Å². The van der Waals surface area contributed by atoms with E-state index in [9.17, 15) is 9.59 Å². The third-order valence-corrected chi connectivity index (χ3v) is 4.13. The van der Waals surface area contributed by atoms with Gasteiger partial charge in [-0.05, 0) is 31.1 Å². The van der Waals surface area contributed by atoms with Gasteiger partial charge < -0.3 is 10.4 Å². The number of rotatable bonds is 4. The van der Waals surface area contributed by atoms with Crippen molar-refractivity contribution in [2.75, 3.05) is 0 Å². The molecule has 4 nitrogen and oxygen atoms in total. The fraction of sp³-hybridized carbons (Fsp3) is 0.833. The smallest absolute Gasteiger partial charge is 0.326 e. The Morgan fingerprint density at radius 2 is 2.06 bits per heavy atom. The highest BCUT2D eigenvalue weighted by atomic mass is 16.4. The van der Waals surface area contributed by atoms with Gasteiger partial charge >= 0.3 is 5.97 Å². The van der Waals surface area contributed by atoms with Crippen LogP contribution in [0.15, 0.2) is 0 Å². The van der Waals surface area contributed by atoms with E-state index in [1.54, 1.807) is 6.92 Å². The third kappa shape index (κ3) is 1.93. The van der Waals surface area contributed by atoms with E-state index < -0.39 is 12.0 Å². The Kier molecular flexibility index (Phi) is 2.91. The molecule has 2 atom stereocenters. The van der Waals surface area contributed by atoms with E-state index in [4.69, 9.17) is 5.11 Å². The van der Waals surface area contributed by atoms with Crippen molar-refractivity contribution in [1.29, 1.82) is 0 Å². The number of carboxylic acids is 1. The van der Waals surface area contributed by atoms with Crippen LogP contribution in [-0.4, -0.2) is 23.0 Å². The van der Waals surface area contributed by atoms with Crippen LogP contribution in [0.1, 0.15) is 45.4 Å². The van der Waals surface area contributed by atoms with Crippen molar-refractivity contribution in [2.24, 2.45) is 11.3 Å². The number of carbonyl (C=O) groups is 2. The molecular formula is C12H19NO3. The Morgan fingerprint density at radius 1 is 1.44 bits per heavy atom. The van der Waals surface area contributed by atoms with Crippen molar-refractivity contribution < 1.29 is 14.7 Å². The molecule has 16 heavy (non-hydrogen) atoms. The fourth-order valence-electron chi connectivity index (χ4n) is 2.96. The number of hydrogen-bond acceptors (Lipinski definition) is 2. The lowest BCUT2D eigenvalue weighted by molar-refractivity contribution is -0.142. The van der Waals surface area contributed by atoms with Crippen molar-refractivity contribution in [3.8, 4) is 0 Å². The second kappa shape index (κ2) is 4.07. The van der Waals surface area contributed by atoms with Crippen molar-refractivity contribution in [3.05, 3.63) is 0 Å². The maximum atomic E-state index is 11.9. The first-order valence-electron chi connectivity index (χ1n) is 6.12. The minimum Gasteiger partial charge on any atom is -0.480 e. The van der Waals surface area contributed by atoms with E-state index >= 15 is 0 Å². The molecular weight excluding hydrogens is 206 g/mol. The molecule has 0 aromatic rings. The first kappa shape index (κ1) is 11.4. The second-order valence-corrected chi connectivity index (χ2v) is 5.13. The zero-order valence-electron chi connectivity index (χ0n) is 9.66. The first-order chi connectivity index (χ1) is 7.59. The summed E-state index contributed by atoms with van der Waals surface area (Å²) in [5, 5.41) is 11.5. The van der Waals surface area contributed by atoms with E-state index in [0.717, 1.165) is 19.3 Å². The molecule has 2 rings (SSSR count). The van der Waals surface area contributed by atoms with E-state index in [-0.39, 0.29) is 17.2 Å². The van der Waals surface area contributed by atoms with Crippen LogP contribution in [0.2, 0.25) is 0 Å². The van der Waals surface area contributed by atoms with Crippen LogP contribution in [-0.2, 0) is 9.59 Å². The Bertz CT molecular complexity index is 307. The van der Waals surface area contributed by atoms with Crippen LogP contribution in [0.3, 0.4) is 0 Å². The van der Waals surface area contributed by atoms with Crippen molar-refractivity contribution in [2.45, 2.75) is 51.5 Å². The van der Waals surface area contributed by atoms with Crippen LogP contribution in [0.4, 0.5) is 0 Å². The monoisotopic (exact) mass is 225 g/mol. The maximum absolute atomic E-state index is 11.9. The summed E-state index contributed by atoms with van der Waals surface area (Å²) in [7, 11) is 0. The molecule has 0 aromatic carbocycles. The van der Waals surface area contributed by atoms with Gasteiger partial charge in [0.15, 0.2) is 0 Å². The molecule has 2 unspecified atom stereocenters. The lowest BCUT2D eigenvalue weighted by Crippen LogP contribution is -2.41. The summed E-state index contributed by atoms with van der Waals surface area (Å²) in [6.07, 6.45) is 6.15. The molecule has 1 spiro atoms. The summed E-state index contributed by atoms with van der Waals surface area (Å²) in [6, 6.07) is -0.716. The minimum atomic E-state index is -0.933. The summed E-state index contributed by atoms with van der Waals surface area (Å²) < 4.78 is 0. The normalized spacial score (nSPS) is 27.7. The van der Waals surface area contributed by atoms with E-state index in [2.05, 4.69) is 5.32 Å². The molecule has 0 aromatic heterocycles. The summed E-state index contributed by atoms with van der Waals surface area (Å²) in [5.41, 5.74) is 0.251. The largest absolute Gasteiger partial charge is 0.480 e. The molecule has 0 saturated heterocycles. The van der Waals surface area contributed by atoms with Gasteiger partial charge in [-0.3, -0.25) is 4.79 Å². The highest BCUT2D eigenvalue weighted by Gasteiger charge is 2.58. The van der Waals surface area contributed by atoms with Crippen molar-refractivity contribution in [3.63, 3.8) is 0 Å². The zero-order chi connectivity index (χ0) is 11.8. The Labute approximate surface area is 95.4 Å². The van der Waals surface area contributed by atoms with Crippen LogP contribution in [0.5, 0.6) is 0 Å². The number of carboxylic acid groups (broad SMARTS) is 1. The second-order valence-electron chi connectivity index (χ2n) is 5.13. The molecule has 0 aliphatic heterocycles. The molecule has 2 saturated carbocycles. The van der Waals surface area contributed by atoms with Gasteiger partial charge in [-0.15, -0.1) is 0 Å². The molecule has 4 heteroatoms. The van der Waals surface area contributed by atoms with Crippen molar-refractivity contribution in [1.82, 2.24) is 5.32 Å². The average molecular weight is 225 g/mol. The number of amides is 1. The number of aliphatic carboxylic acids is 1. The summed E-state index contributed by atoms with van der Waals surface area (Å²) >= 11 is 0. The van der Waals surface area contributed by atoms with E-state index in [1.807, 2.05) is 0 Å². The van der Waals surface area contributed by atoms with E-state index in [0.29, 0.717) is 6.42 Å². The quantitative estimate of drug-likeness (QED) is 0.762. The van der Waals surface area contributed by atoms with E-state index in [1.165, 1.54) is 12.8 Å².